The van der Waals surface area contributed by atoms with Crippen LogP contribution in [0.3, 0.4) is 0 Å². The van der Waals surface area contributed by atoms with E-state index in [1.54, 1.807) is 0 Å². The van der Waals surface area contributed by atoms with E-state index in [-0.39, 0.29) is 32.0 Å². The fraction of sp³-hybridized carbons (Fsp3) is 0.794. The lowest BCUT2D eigenvalue weighted by Crippen LogP contribution is -2.37. The second-order valence-corrected chi connectivity index (χ2v) is 24.6. The first-order valence-electron chi connectivity index (χ1n) is 32.7. The van der Waals surface area contributed by atoms with E-state index < -0.39 is 26.5 Å². The molecule has 1 N–H and O–H groups in total. The molecule has 78 heavy (non-hydrogen) atoms. The number of hydrogen-bond donors (Lipinski definition) is 1. The summed E-state index contributed by atoms with van der Waals surface area (Å²) in [4.78, 5) is 35.8. The number of phosphoric acid groups is 1. The molecular formula is C68H125NO8P+. The Labute approximate surface area is 482 Å². The number of carbonyl (C=O) groups is 2. The van der Waals surface area contributed by atoms with Crippen LogP contribution >= 0.6 is 7.82 Å². The third-order valence-electron chi connectivity index (χ3n) is 14.2. The number of quaternary nitrogens is 1. The number of ether oxygens (including phenoxy) is 2. The average molecular weight is 1120 g/mol. The van der Waals surface area contributed by atoms with Crippen LogP contribution in [0.1, 0.15) is 296 Å². The first kappa shape index (κ1) is 75.5. The van der Waals surface area contributed by atoms with Gasteiger partial charge in [0.05, 0.1) is 27.7 Å². The summed E-state index contributed by atoms with van der Waals surface area (Å²) in [5.74, 6) is -0.791. The van der Waals surface area contributed by atoms with Crippen molar-refractivity contribution in [2.75, 3.05) is 47.5 Å². The number of phosphoric ester groups is 1. The van der Waals surface area contributed by atoms with Crippen LogP contribution in [0.5, 0.6) is 0 Å². The minimum absolute atomic E-state index is 0.0306. The monoisotopic (exact) mass is 1110 g/mol. The molecular weight excluding hydrogens is 990 g/mol. The van der Waals surface area contributed by atoms with Crippen molar-refractivity contribution >= 4 is 19.8 Å². The largest absolute Gasteiger partial charge is 0.472 e. The van der Waals surface area contributed by atoms with Crippen LogP contribution in [0.2, 0.25) is 0 Å². The van der Waals surface area contributed by atoms with Gasteiger partial charge < -0.3 is 18.9 Å². The number of carbonyl (C=O) groups excluding carboxylic acids is 2. The molecule has 0 rings (SSSR count). The fourth-order valence-corrected chi connectivity index (χ4v) is 9.96. The predicted octanol–water partition coefficient (Wildman–Crippen LogP) is 20.8. The number of allylic oxidation sites excluding steroid dienone is 12. The van der Waals surface area contributed by atoms with Gasteiger partial charge in [-0.2, -0.15) is 0 Å². The molecule has 0 aromatic rings. The molecule has 0 aromatic heterocycles. The smallest absolute Gasteiger partial charge is 0.462 e. The molecule has 2 atom stereocenters. The average Bonchev–Trinajstić information content (AvgIpc) is 3.41. The molecule has 0 radical (unpaired) electrons. The highest BCUT2D eigenvalue weighted by Crippen LogP contribution is 2.43. The van der Waals surface area contributed by atoms with Gasteiger partial charge in [0.1, 0.15) is 19.8 Å². The lowest BCUT2D eigenvalue weighted by Gasteiger charge is -2.24. The molecule has 0 spiro atoms. The van der Waals surface area contributed by atoms with Crippen molar-refractivity contribution in [1.29, 1.82) is 0 Å². The zero-order valence-corrected chi connectivity index (χ0v) is 52.5. The van der Waals surface area contributed by atoms with Crippen LogP contribution in [-0.4, -0.2) is 74.9 Å². The molecule has 9 nitrogen and oxygen atoms in total. The van der Waals surface area contributed by atoms with E-state index in [0.717, 1.165) is 64.2 Å². The molecule has 0 bridgehead atoms. The standard InChI is InChI=1S/C68H124NO8P/c1-6-8-10-12-14-16-18-20-22-24-26-28-29-30-31-32-33-34-35-36-37-38-39-41-43-45-47-49-51-53-55-57-59-61-68(71)77-66(65-76-78(72,73)75-63-62-69(3,4)5)64-74-67(70)60-58-56-54-52-50-48-46-44-42-40-27-25-23-21-19-17-15-13-11-9-7-2/h8,10,14,16,19-22,25-28,66H,6-7,9,11-13,15,17-18,23-24,29-65H2,1-5H3/p+1/b10-8-,16-14-,21-19-,22-20-,27-25-,28-26-. The third-order valence-corrected chi connectivity index (χ3v) is 15.2. The molecule has 0 saturated heterocycles. The van der Waals surface area contributed by atoms with Crippen molar-refractivity contribution in [3.8, 4) is 0 Å². The summed E-state index contributed by atoms with van der Waals surface area (Å²) in [7, 11) is 1.48. The second kappa shape index (κ2) is 59.1. The van der Waals surface area contributed by atoms with Crippen LogP contribution in [0.15, 0.2) is 72.9 Å². The molecule has 0 aliphatic rings. The summed E-state index contributed by atoms with van der Waals surface area (Å²) in [6.45, 7) is 4.34. The molecule has 0 saturated carbocycles. The van der Waals surface area contributed by atoms with Crippen LogP contribution < -0.4 is 0 Å². The number of hydrogen-bond acceptors (Lipinski definition) is 7. The van der Waals surface area contributed by atoms with E-state index >= 15 is 0 Å². The maximum absolute atomic E-state index is 12.9. The highest BCUT2D eigenvalue weighted by atomic mass is 31.2. The van der Waals surface area contributed by atoms with Crippen LogP contribution in [0.25, 0.3) is 0 Å². The number of esters is 2. The van der Waals surface area contributed by atoms with Gasteiger partial charge in [-0.15, -0.1) is 0 Å². The third kappa shape index (κ3) is 62.6. The Hall–Kier alpha value is -2.55. The molecule has 0 fully saturated rings. The number of nitrogens with zero attached hydrogens (tertiary/aromatic N) is 1. The Kier molecular flexibility index (Phi) is 57.2. The van der Waals surface area contributed by atoms with E-state index in [1.807, 2.05) is 21.1 Å². The van der Waals surface area contributed by atoms with Crippen LogP contribution in [-0.2, 0) is 32.7 Å². The Bertz CT molecular complexity index is 1550. The van der Waals surface area contributed by atoms with Crippen molar-refractivity contribution < 1.29 is 42.1 Å². The number of rotatable bonds is 60. The molecule has 10 heteroatoms. The summed E-state index contributed by atoms with van der Waals surface area (Å²) in [6.07, 6.45) is 78.5. The maximum atomic E-state index is 12.9. The molecule has 0 amide bonds. The Morgan fingerprint density at radius 3 is 1.09 bits per heavy atom. The molecule has 2 unspecified atom stereocenters. The van der Waals surface area contributed by atoms with Gasteiger partial charge in [0, 0.05) is 12.8 Å². The Morgan fingerprint density at radius 2 is 0.731 bits per heavy atom. The van der Waals surface area contributed by atoms with Gasteiger partial charge in [-0.25, -0.2) is 4.57 Å². The van der Waals surface area contributed by atoms with Crippen molar-refractivity contribution in [3.05, 3.63) is 72.9 Å². The van der Waals surface area contributed by atoms with Crippen molar-refractivity contribution in [3.63, 3.8) is 0 Å². The summed E-state index contributed by atoms with van der Waals surface area (Å²) >= 11 is 0. The van der Waals surface area contributed by atoms with E-state index in [9.17, 15) is 19.0 Å². The highest BCUT2D eigenvalue weighted by Gasteiger charge is 2.27. The molecule has 0 aliphatic carbocycles. The van der Waals surface area contributed by atoms with Crippen molar-refractivity contribution in [2.24, 2.45) is 0 Å². The topological polar surface area (TPSA) is 108 Å². The SMILES string of the molecule is CC/C=C\C/C=C\C/C=C\C/C=C\CCCCCCCCCCCCCCCCCCCCCCC(=O)OC(COC(=O)CCCCCCCCCCC/C=C\C/C=C\CCCCCCC)COP(=O)(O)OCC[N+](C)(C)C. The normalized spacial score (nSPS) is 13.7. The van der Waals surface area contributed by atoms with Crippen molar-refractivity contribution in [2.45, 2.75) is 302 Å². The molecule has 0 aromatic carbocycles. The van der Waals surface area contributed by atoms with E-state index in [0.29, 0.717) is 17.4 Å². The van der Waals surface area contributed by atoms with Gasteiger partial charge in [-0.1, -0.05) is 273 Å². The van der Waals surface area contributed by atoms with Gasteiger partial charge in [-0.05, 0) is 83.5 Å². The summed E-state index contributed by atoms with van der Waals surface area (Å²) in [6, 6.07) is 0. The Morgan fingerprint density at radius 1 is 0.410 bits per heavy atom. The number of likely N-dealkylation sites (N-methyl/N-ethyl adjacent to an activating group) is 1. The van der Waals surface area contributed by atoms with E-state index in [2.05, 4.69) is 86.8 Å². The summed E-state index contributed by atoms with van der Waals surface area (Å²) in [5.41, 5.74) is 0. The first-order valence-corrected chi connectivity index (χ1v) is 34.2. The van der Waals surface area contributed by atoms with E-state index in [1.165, 1.54) is 199 Å². The predicted molar refractivity (Wildman–Crippen MR) is 335 cm³/mol. The zero-order valence-electron chi connectivity index (χ0n) is 51.6. The van der Waals surface area contributed by atoms with Crippen LogP contribution in [0, 0.1) is 0 Å². The molecule has 0 heterocycles. The fourth-order valence-electron chi connectivity index (χ4n) is 9.22. The van der Waals surface area contributed by atoms with Crippen LogP contribution in [0.4, 0.5) is 0 Å². The van der Waals surface area contributed by atoms with Crippen molar-refractivity contribution in [1.82, 2.24) is 0 Å². The zero-order chi connectivity index (χ0) is 57.0. The van der Waals surface area contributed by atoms with Gasteiger partial charge in [0.25, 0.3) is 0 Å². The Balaban J connectivity index is 4.04. The first-order chi connectivity index (χ1) is 38.0. The molecule has 0 aliphatic heterocycles. The van der Waals surface area contributed by atoms with Gasteiger partial charge in [-0.3, -0.25) is 18.6 Å². The summed E-state index contributed by atoms with van der Waals surface area (Å²) < 4.78 is 34.7. The number of unbranched alkanes of at least 4 members (excludes halogenated alkanes) is 34. The maximum Gasteiger partial charge on any atom is 0.472 e. The van der Waals surface area contributed by atoms with Gasteiger partial charge in [0.2, 0.25) is 0 Å². The highest BCUT2D eigenvalue weighted by molar-refractivity contribution is 7.47. The van der Waals surface area contributed by atoms with Gasteiger partial charge in [0.15, 0.2) is 6.10 Å². The lowest BCUT2D eigenvalue weighted by atomic mass is 10.0. The van der Waals surface area contributed by atoms with Gasteiger partial charge >= 0.3 is 19.8 Å². The minimum atomic E-state index is -4.39. The molecule has 454 valence electrons. The minimum Gasteiger partial charge on any atom is -0.462 e. The quantitative estimate of drug-likeness (QED) is 0.0211. The second-order valence-electron chi connectivity index (χ2n) is 23.1. The lowest BCUT2D eigenvalue weighted by molar-refractivity contribution is -0.870. The summed E-state index contributed by atoms with van der Waals surface area (Å²) in [5, 5.41) is 0. The van der Waals surface area contributed by atoms with E-state index in [4.69, 9.17) is 18.5 Å².